The number of nitrogens with one attached hydrogen (secondary N) is 2. The standard InChI is InChI=1S/C25H26N2O3/c1-16-7-5-8-20(13-16)24(28)27-23(15-21-9-6-12-30-21)25(29)26-19(4)22-14-17(2)10-11-18(22)3/h5-15,19H,1-4H3,(H,26,29)(H,27,28)/b23-15-/t19-/m1/s1. The molecule has 3 rings (SSSR count). The highest BCUT2D eigenvalue weighted by molar-refractivity contribution is 6.05. The molecule has 2 N–H and O–H groups in total. The number of rotatable bonds is 6. The average Bonchev–Trinajstić information content (AvgIpc) is 3.22. The van der Waals surface area contributed by atoms with E-state index < -0.39 is 0 Å². The Kier molecular flexibility index (Phi) is 6.52. The van der Waals surface area contributed by atoms with Gasteiger partial charge in [-0.15, -0.1) is 0 Å². The number of aryl methyl sites for hydroxylation is 3. The van der Waals surface area contributed by atoms with Gasteiger partial charge in [0.05, 0.1) is 12.3 Å². The van der Waals surface area contributed by atoms with Gasteiger partial charge >= 0.3 is 0 Å². The van der Waals surface area contributed by atoms with Gasteiger partial charge in [-0.3, -0.25) is 9.59 Å². The van der Waals surface area contributed by atoms with Gasteiger partial charge in [-0.05, 0) is 63.1 Å². The van der Waals surface area contributed by atoms with Gasteiger partial charge in [0.1, 0.15) is 11.5 Å². The quantitative estimate of drug-likeness (QED) is 0.579. The van der Waals surface area contributed by atoms with E-state index >= 15 is 0 Å². The molecule has 154 valence electrons. The van der Waals surface area contributed by atoms with Gasteiger partial charge in [0.25, 0.3) is 11.8 Å². The van der Waals surface area contributed by atoms with E-state index in [-0.39, 0.29) is 23.6 Å². The Morgan fingerprint density at radius 3 is 2.43 bits per heavy atom. The molecule has 1 atom stereocenters. The highest BCUT2D eigenvalue weighted by Crippen LogP contribution is 2.19. The fourth-order valence-corrected chi connectivity index (χ4v) is 3.23. The Hall–Kier alpha value is -3.60. The number of amides is 2. The smallest absolute Gasteiger partial charge is 0.268 e. The SMILES string of the molecule is Cc1cccc(C(=O)N/C(=C\c2ccco2)C(=O)N[C@H](C)c2cc(C)ccc2C)c1. The van der Waals surface area contributed by atoms with Gasteiger partial charge in [0.2, 0.25) is 0 Å². The van der Waals surface area contributed by atoms with Gasteiger partial charge in [-0.25, -0.2) is 0 Å². The number of furan rings is 1. The molecule has 0 unspecified atom stereocenters. The second-order valence-corrected chi connectivity index (χ2v) is 7.45. The largest absolute Gasteiger partial charge is 0.465 e. The Morgan fingerprint density at radius 2 is 1.73 bits per heavy atom. The lowest BCUT2D eigenvalue weighted by Gasteiger charge is -2.19. The van der Waals surface area contributed by atoms with Gasteiger partial charge in [-0.2, -0.15) is 0 Å². The molecule has 0 fully saturated rings. The van der Waals surface area contributed by atoms with Crippen molar-refractivity contribution in [2.24, 2.45) is 0 Å². The van der Waals surface area contributed by atoms with Gasteiger partial charge in [-0.1, -0.05) is 41.5 Å². The summed E-state index contributed by atoms with van der Waals surface area (Å²) in [5.74, 6) is -0.268. The highest BCUT2D eigenvalue weighted by atomic mass is 16.3. The molecular formula is C25H26N2O3. The second-order valence-electron chi connectivity index (χ2n) is 7.45. The molecule has 0 spiro atoms. The summed E-state index contributed by atoms with van der Waals surface area (Å²) in [7, 11) is 0. The molecule has 0 aliphatic rings. The molecule has 1 heterocycles. The van der Waals surface area contributed by atoms with E-state index in [4.69, 9.17) is 4.42 Å². The lowest BCUT2D eigenvalue weighted by molar-refractivity contribution is -0.118. The van der Waals surface area contributed by atoms with Gasteiger partial charge < -0.3 is 15.1 Å². The van der Waals surface area contributed by atoms with E-state index in [0.717, 1.165) is 22.3 Å². The summed E-state index contributed by atoms with van der Waals surface area (Å²) >= 11 is 0. The molecule has 0 aliphatic heterocycles. The fourth-order valence-electron chi connectivity index (χ4n) is 3.23. The van der Waals surface area contributed by atoms with E-state index in [1.807, 2.05) is 52.0 Å². The molecule has 5 nitrogen and oxygen atoms in total. The van der Waals surface area contributed by atoms with Crippen molar-refractivity contribution in [3.05, 3.63) is 100 Å². The summed E-state index contributed by atoms with van der Waals surface area (Å²) in [6.45, 7) is 7.86. The summed E-state index contributed by atoms with van der Waals surface area (Å²) in [6.07, 6.45) is 3.04. The average molecular weight is 402 g/mol. The van der Waals surface area contributed by atoms with Crippen molar-refractivity contribution in [1.29, 1.82) is 0 Å². The predicted octanol–water partition coefficient (Wildman–Crippen LogP) is 4.85. The Balaban J connectivity index is 1.84. The summed E-state index contributed by atoms with van der Waals surface area (Å²) in [4.78, 5) is 25.8. The minimum Gasteiger partial charge on any atom is -0.465 e. The Bertz CT molecular complexity index is 1080. The molecule has 3 aromatic rings. The van der Waals surface area contributed by atoms with E-state index in [1.165, 1.54) is 12.3 Å². The Labute approximate surface area is 176 Å². The highest BCUT2D eigenvalue weighted by Gasteiger charge is 2.19. The third kappa shape index (κ3) is 5.26. The lowest BCUT2D eigenvalue weighted by Crippen LogP contribution is -2.36. The normalized spacial score (nSPS) is 12.3. The van der Waals surface area contributed by atoms with Gasteiger partial charge in [0.15, 0.2) is 0 Å². The third-order valence-electron chi connectivity index (χ3n) is 4.85. The molecular weight excluding hydrogens is 376 g/mol. The Morgan fingerprint density at radius 1 is 0.967 bits per heavy atom. The first-order valence-electron chi connectivity index (χ1n) is 9.84. The molecule has 2 aromatic carbocycles. The fraction of sp³-hybridized carbons (Fsp3) is 0.200. The maximum absolute atomic E-state index is 13.0. The van der Waals surface area contributed by atoms with E-state index in [1.54, 1.807) is 24.3 Å². The van der Waals surface area contributed by atoms with Crippen LogP contribution in [-0.2, 0) is 4.79 Å². The topological polar surface area (TPSA) is 71.3 Å². The van der Waals surface area contributed by atoms with E-state index in [0.29, 0.717) is 11.3 Å². The first kappa shape index (κ1) is 21.1. The van der Waals surface area contributed by atoms with Crippen LogP contribution >= 0.6 is 0 Å². The first-order chi connectivity index (χ1) is 14.3. The van der Waals surface area contributed by atoms with Crippen LogP contribution in [-0.4, -0.2) is 11.8 Å². The monoisotopic (exact) mass is 402 g/mol. The van der Waals surface area contributed by atoms with Crippen LogP contribution in [0.1, 0.15) is 51.3 Å². The number of hydrogen-bond donors (Lipinski definition) is 2. The number of benzene rings is 2. The molecule has 0 saturated heterocycles. The van der Waals surface area contributed by atoms with Crippen LogP contribution in [0.4, 0.5) is 0 Å². The van der Waals surface area contributed by atoms with Crippen LogP contribution in [0.25, 0.3) is 6.08 Å². The minimum atomic E-state index is -0.388. The zero-order valence-electron chi connectivity index (χ0n) is 17.7. The molecule has 2 amide bonds. The zero-order chi connectivity index (χ0) is 21.7. The summed E-state index contributed by atoms with van der Waals surface area (Å²) in [5.41, 5.74) is 4.81. The van der Waals surface area contributed by atoms with Crippen molar-refractivity contribution < 1.29 is 14.0 Å². The van der Waals surface area contributed by atoms with E-state index in [9.17, 15) is 9.59 Å². The molecule has 5 heteroatoms. The van der Waals surface area contributed by atoms with Crippen LogP contribution in [0, 0.1) is 20.8 Å². The van der Waals surface area contributed by atoms with Crippen LogP contribution in [0.3, 0.4) is 0 Å². The third-order valence-corrected chi connectivity index (χ3v) is 4.85. The van der Waals surface area contributed by atoms with Crippen molar-refractivity contribution in [2.45, 2.75) is 33.7 Å². The number of carbonyl (C=O) groups is 2. The summed E-state index contributed by atoms with van der Waals surface area (Å²) in [6, 6.07) is 16.6. The predicted molar refractivity (Wildman–Crippen MR) is 118 cm³/mol. The second kappa shape index (κ2) is 9.27. The summed E-state index contributed by atoms with van der Waals surface area (Å²) in [5, 5.41) is 5.71. The van der Waals surface area contributed by atoms with Crippen LogP contribution in [0.5, 0.6) is 0 Å². The van der Waals surface area contributed by atoms with Crippen LogP contribution < -0.4 is 10.6 Å². The number of hydrogen-bond acceptors (Lipinski definition) is 3. The maximum Gasteiger partial charge on any atom is 0.268 e. The zero-order valence-corrected chi connectivity index (χ0v) is 17.7. The molecule has 0 aliphatic carbocycles. The molecule has 30 heavy (non-hydrogen) atoms. The molecule has 0 radical (unpaired) electrons. The molecule has 0 bridgehead atoms. The first-order valence-corrected chi connectivity index (χ1v) is 9.84. The maximum atomic E-state index is 13.0. The molecule has 0 saturated carbocycles. The van der Waals surface area contributed by atoms with Crippen molar-refractivity contribution in [3.8, 4) is 0 Å². The lowest BCUT2D eigenvalue weighted by atomic mass is 10.00. The summed E-state index contributed by atoms with van der Waals surface area (Å²) < 4.78 is 5.34. The van der Waals surface area contributed by atoms with Crippen molar-refractivity contribution in [3.63, 3.8) is 0 Å². The minimum absolute atomic E-state index is 0.119. The number of carbonyl (C=O) groups excluding carboxylic acids is 2. The van der Waals surface area contributed by atoms with Gasteiger partial charge in [0, 0.05) is 11.6 Å². The van der Waals surface area contributed by atoms with Crippen molar-refractivity contribution >= 4 is 17.9 Å². The van der Waals surface area contributed by atoms with Crippen molar-refractivity contribution in [2.75, 3.05) is 0 Å². The van der Waals surface area contributed by atoms with E-state index in [2.05, 4.69) is 16.7 Å². The molecule has 1 aromatic heterocycles. The van der Waals surface area contributed by atoms with Crippen LogP contribution in [0.15, 0.2) is 71.0 Å². The van der Waals surface area contributed by atoms with Crippen LogP contribution in [0.2, 0.25) is 0 Å². The van der Waals surface area contributed by atoms with Crippen molar-refractivity contribution in [1.82, 2.24) is 10.6 Å².